The molecule has 0 aliphatic rings. The molecule has 0 aliphatic heterocycles. The predicted molar refractivity (Wildman–Crippen MR) is 65.3 cm³/mol. The van der Waals surface area contributed by atoms with E-state index in [1.54, 1.807) is 0 Å². The number of aromatic carboxylic acids is 1. The summed E-state index contributed by atoms with van der Waals surface area (Å²) in [5.74, 6) is -2.04. The van der Waals surface area contributed by atoms with Gasteiger partial charge in [-0.15, -0.1) is 0 Å². The average Bonchev–Trinajstić information content (AvgIpc) is 3.16. The van der Waals surface area contributed by atoms with Crippen molar-refractivity contribution in [1.82, 2.24) is 19.6 Å². The summed E-state index contributed by atoms with van der Waals surface area (Å²) in [4.78, 5) is 20.8. The molecule has 0 unspecified atom stereocenters. The molecule has 2 rings (SSSR count). The summed E-state index contributed by atoms with van der Waals surface area (Å²) in [7, 11) is 1.16. The maximum atomic E-state index is 11.9. The summed E-state index contributed by atoms with van der Waals surface area (Å²) in [5.41, 5.74) is -0.511. The zero-order chi connectivity index (χ0) is 17.6. The number of carboxylic acids is 1. The fourth-order valence-electron chi connectivity index (χ4n) is 1.22. The van der Waals surface area contributed by atoms with Gasteiger partial charge >= 0.3 is 25.0 Å². The largest absolute Gasteiger partial charge is 0.476 e. The van der Waals surface area contributed by atoms with E-state index in [0.717, 1.165) is 31.6 Å². The SMILES string of the molecule is COC(=O)c1ccn(C(F)F)n1.O=C(O)c1ccn(C(F)F)n1. The number of halogens is 4. The van der Waals surface area contributed by atoms with Crippen LogP contribution in [0.15, 0.2) is 24.5 Å². The molecule has 12 heteroatoms. The zero-order valence-electron chi connectivity index (χ0n) is 11.4. The Bertz CT molecular complexity index is 671. The van der Waals surface area contributed by atoms with Gasteiger partial charge in [0.1, 0.15) is 0 Å². The normalized spacial score (nSPS) is 10.4. The number of carbonyl (C=O) groups is 2. The number of hydrogen-bond donors (Lipinski definition) is 1. The molecule has 0 aromatic carbocycles. The van der Waals surface area contributed by atoms with E-state index in [1.807, 2.05) is 0 Å². The van der Waals surface area contributed by atoms with Crippen LogP contribution in [0.4, 0.5) is 17.6 Å². The van der Waals surface area contributed by atoms with Gasteiger partial charge in [-0.2, -0.15) is 27.8 Å². The van der Waals surface area contributed by atoms with Crippen LogP contribution in [0.1, 0.15) is 34.1 Å². The highest BCUT2D eigenvalue weighted by molar-refractivity contribution is 5.86. The first kappa shape index (κ1) is 18.1. The lowest BCUT2D eigenvalue weighted by atomic mass is 10.4. The van der Waals surface area contributed by atoms with Crippen molar-refractivity contribution in [3.63, 3.8) is 0 Å². The molecule has 8 nitrogen and oxygen atoms in total. The Balaban J connectivity index is 0.000000231. The third-order valence-electron chi connectivity index (χ3n) is 2.23. The highest BCUT2D eigenvalue weighted by Crippen LogP contribution is 2.09. The van der Waals surface area contributed by atoms with E-state index in [0.29, 0.717) is 4.68 Å². The summed E-state index contributed by atoms with van der Waals surface area (Å²) < 4.78 is 52.2. The number of ether oxygens (including phenoxy) is 1. The highest BCUT2D eigenvalue weighted by atomic mass is 19.3. The third-order valence-corrected chi connectivity index (χ3v) is 2.23. The number of carboxylic acid groups (broad SMARTS) is 1. The van der Waals surface area contributed by atoms with Crippen molar-refractivity contribution in [2.45, 2.75) is 13.1 Å². The van der Waals surface area contributed by atoms with Gasteiger partial charge in [-0.05, 0) is 12.1 Å². The highest BCUT2D eigenvalue weighted by Gasteiger charge is 2.13. The minimum atomic E-state index is -2.79. The number of carbonyl (C=O) groups excluding carboxylic acids is 1. The van der Waals surface area contributed by atoms with Gasteiger partial charge in [0.05, 0.1) is 7.11 Å². The molecule has 2 aromatic heterocycles. The molecule has 2 heterocycles. The average molecular weight is 338 g/mol. The first-order chi connectivity index (χ1) is 10.8. The van der Waals surface area contributed by atoms with E-state index in [2.05, 4.69) is 14.9 Å². The molecule has 0 bridgehead atoms. The second-order valence-corrected chi connectivity index (χ2v) is 3.71. The second-order valence-electron chi connectivity index (χ2n) is 3.71. The summed E-state index contributed by atoms with van der Waals surface area (Å²) in [6.07, 6.45) is 1.92. The fraction of sp³-hybridized carbons (Fsp3) is 0.273. The van der Waals surface area contributed by atoms with E-state index < -0.39 is 25.0 Å². The molecule has 2 aromatic rings. The Labute approximate surface area is 125 Å². The van der Waals surface area contributed by atoms with Crippen LogP contribution in [-0.4, -0.2) is 43.7 Å². The number of hydrogen-bond acceptors (Lipinski definition) is 5. The molecule has 0 amide bonds. The smallest absolute Gasteiger partial charge is 0.358 e. The Morgan fingerprint density at radius 1 is 1.04 bits per heavy atom. The van der Waals surface area contributed by atoms with E-state index in [9.17, 15) is 27.2 Å². The second kappa shape index (κ2) is 7.91. The lowest BCUT2D eigenvalue weighted by Gasteiger charge is -1.96. The van der Waals surface area contributed by atoms with Crippen LogP contribution in [0.5, 0.6) is 0 Å². The molecule has 0 fully saturated rings. The van der Waals surface area contributed by atoms with Crippen molar-refractivity contribution < 1.29 is 37.0 Å². The van der Waals surface area contributed by atoms with Crippen molar-refractivity contribution in [2.75, 3.05) is 7.11 Å². The number of rotatable bonds is 4. The summed E-state index contributed by atoms with van der Waals surface area (Å²) in [5, 5.41) is 14.6. The quantitative estimate of drug-likeness (QED) is 0.676. The molecule has 0 radical (unpaired) electrons. The lowest BCUT2D eigenvalue weighted by Crippen LogP contribution is -2.05. The molecule has 23 heavy (non-hydrogen) atoms. The van der Waals surface area contributed by atoms with Gasteiger partial charge in [0.25, 0.3) is 0 Å². The molecule has 0 atom stereocenters. The summed E-state index contributed by atoms with van der Waals surface area (Å²) in [6, 6.07) is 2.17. The van der Waals surface area contributed by atoms with Crippen molar-refractivity contribution in [2.24, 2.45) is 0 Å². The molecule has 0 aliphatic carbocycles. The molecular weight excluding hydrogens is 328 g/mol. The van der Waals surface area contributed by atoms with Gasteiger partial charge in [-0.25, -0.2) is 19.0 Å². The molecule has 126 valence electrons. The van der Waals surface area contributed by atoms with Crippen LogP contribution in [0.2, 0.25) is 0 Å². The minimum absolute atomic E-state index is 0.127. The lowest BCUT2D eigenvalue weighted by molar-refractivity contribution is 0.0517. The van der Waals surface area contributed by atoms with Crippen molar-refractivity contribution in [3.8, 4) is 0 Å². The predicted octanol–water partition coefficient (Wildman–Crippen LogP) is 2.04. The van der Waals surface area contributed by atoms with Crippen LogP contribution in [0.25, 0.3) is 0 Å². The van der Waals surface area contributed by atoms with E-state index in [4.69, 9.17) is 5.11 Å². The number of esters is 1. The van der Waals surface area contributed by atoms with Crippen LogP contribution in [-0.2, 0) is 4.74 Å². The third kappa shape index (κ3) is 5.09. The Hall–Kier alpha value is -2.92. The Kier molecular flexibility index (Phi) is 6.24. The molecule has 0 spiro atoms. The monoisotopic (exact) mass is 338 g/mol. The molecule has 0 saturated carbocycles. The zero-order valence-corrected chi connectivity index (χ0v) is 11.4. The number of alkyl halides is 4. The summed E-state index contributed by atoms with van der Waals surface area (Å²) >= 11 is 0. The maximum absolute atomic E-state index is 11.9. The van der Waals surface area contributed by atoms with Crippen molar-refractivity contribution in [3.05, 3.63) is 35.9 Å². The van der Waals surface area contributed by atoms with Gasteiger partial charge in [0.15, 0.2) is 11.4 Å². The number of aromatic nitrogens is 4. The van der Waals surface area contributed by atoms with E-state index in [-0.39, 0.29) is 16.1 Å². The van der Waals surface area contributed by atoms with Crippen LogP contribution in [0.3, 0.4) is 0 Å². The van der Waals surface area contributed by atoms with Gasteiger partial charge in [-0.1, -0.05) is 0 Å². The van der Waals surface area contributed by atoms with Crippen molar-refractivity contribution in [1.29, 1.82) is 0 Å². The summed E-state index contributed by atoms with van der Waals surface area (Å²) in [6.45, 7) is -5.52. The van der Waals surface area contributed by atoms with Gasteiger partial charge in [0.2, 0.25) is 0 Å². The van der Waals surface area contributed by atoms with Crippen LogP contribution in [0, 0.1) is 0 Å². The first-order valence-corrected chi connectivity index (χ1v) is 5.74. The van der Waals surface area contributed by atoms with Gasteiger partial charge in [-0.3, -0.25) is 0 Å². The number of methoxy groups -OCH3 is 1. The minimum Gasteiger partial charge on any atom is -0.476 e. The first-order valence-electron chi connectivity index (χ1n) is 5.74. The standard InChI is InChI=1S/C6H6F2N2O2.C5H4F2N2O2/c1-12-5(11)4-2-3-10(9-4)6(7)8;6-5(7)9-2-1-3(8-9)4(10)11/h2-3,6H,1H3;1-2,5H,(H,10,11). The Morgan fingerprint density at radius 3 is 1.78 bits per heavy atom. The van der Waals surface area contributed by atoms with Crippen molar-refractivity contribution >= 4 is 11.9 Å². The fourth-order valence-corrected chi connectivity index (χ4v) is 1.22. The van der Waals surface area contributed by atoms with E-state index in [1.165, 1.54) is 0 Å². The van der Waals surface area contributed by atoms with Crippen LogP contribution < -0.4 is 0 Å². The molecule has 0 saturated heterocycles. The van der Waals surface area contributed by atoms with E-state index >= 15 is 0 Å². The van der Waals surface area contributed by atoms with Gasteiger partial charge < -0.3 is 9.84 Å². The molecule has 1 N–H and O–H groups in total. The van der Waals surface area contributed by atoms with Gasteiger partial charge in [0, 0.05) is 12.4 Å². The van der Waals surface area contributed by atoms with Crippen LogP contribution >= 0.6 is 0 Å². The molecular formula is C11H10F4N4O4. The maximum Gasteiger partial charge on any atom is 0.358 e. The topological polar surface area (TPSA) is 99.2 Å². The Morgan fingerprint density at radius 2 is 1.48 bits per heavy atom. The number of nitrogens with zero attached hydrogens (tertiary/aromatic N) is 4.